The molecule has 27 heavy (non-hydrogen) atoms. The van der Waals surface area contributed by atoms with Crippen molar-refractivity contribution in [3.63, 3.8) is 0 Å². The van der Waals surface area contributed by atoms with Crippen molar-refractivity contribution in [2.45, 2.75) is 19.4 Å². The van der Waals surface area contributed by atoms with Gasteiger partial charge in [0.2, 0.25) is 0 Å². The molecule has 4 heteroatoms. The summed E-state index contributed by atoms with van der Waals surface area (Å²) in [6.07, 6.45) is -0.460. The minimum absolute atomic E-state index is 0.0474. The van der Waals surface area contributed by atoms with Crippen LogP contribution in [0.25, 0.3) is 11.1 Å². The maximum Gasteiger partial charge on any atom is 0.407 e. The van der Waals surface area contributed by atoms with Crippen molar-refractivity contribution in [3.05, 3.63) is 89.0 Å². The second-order valence-corrected chi connectivity index (χ2v) is 6.86. The van der Waals surface area contributed by atoms with E-state index in [0.717, 1.165) is 11.1 Å². The van der Waals surface area contributed by atoms with Crippen LogP contribution in [-0.2, 0) is 11.3 Å². The average molecular weight is 359 g/mol. The van der Waals surface area contributed by atoms with Crippen LogP contribution in [0, 0.1) is 6.92 Å². The van der Waals surface area contributed by atoms with E-state index in [4.69, 9.17) is 4.74 Å². The van der Waals surface area contributed by atoms with Gasteiger partial charge in [-0.25, -0.2) is 4.79 Å². The Morgan fingerprint density at radius 3 is 2.26 bits per heavy atom. The number of phenolic OH excluding ortho intramolecular Hbond substituents is 1. The number of fused-ring (bicyclic) bond motifs is 3. The molecule has 0 bridgehead atoms. The zero-order valence-corrected chi connectivity index (χ0v) is 15.1. The van der Waals surface area contributed by atoms with Crippen LogP contribution in [-0.4, -0.2) is 17.8 Å². The molecule has 1 aliphatic carbocycles. The molecule has 4 rings (SSSR count). The van der Waals surface area contributed by atoms with Crippen LogP contribution < -0.4 is 5.32 Å². The van der Waals surface area contributed by atoms with Crippen molar-refractivity contribution in [1.82, 2.24) is 5.32 Å². The molecule has 0 aromatic heterocycles. The maximum absolute atomic E-state index is 12.2. The SMILES string of the molecule is Cc1cc(O)cc(CNC(=O)OCC2c3ccccc3-c3ccccc32)c1. The summed E-state index contributed by atoms with van der Waals surface area (Å²) in [6.45, 7) is 2.50. The first-order chi connectivity index (χ1) is 13.1. The van der Waals surface area contributed by atoms with Crippen LogP contribution >= 0.6 is 0 Å². The lowest BCUT2D eigenvalue weighted by molar-refractivity contribution is 0.142. The molecule has 2 N–H and O–H groups in total. The molecular formula is C23H21NO3. The summed E-state index contributed by atoms with van der Waals surface area (Å²) in [4.78, 5) is 12.2. The van der Waals surface area contributed by atoms with E-state index in [-0.39, 0.29) is 11.7 Å². The Hall–Kier alpha value is -3.27. The molecule has 0 heterocycles. The van der Waals surface area contributed by atoms with Gasteiger partial charge in [-0.2, -0.15) is 0 Å². The van der Waals surface area contributed by atoms with Gasteiger partial charge in [-0.05, 0) is 52.4 Å². The van der Waals surface area contributed by atoms with Crippen molar-refractivity contribution in [3.8, 4) is 16.9 Å². The van der Waals surface area contributed by atoms with E-state index >= 15 is 0 Å². The van der Waals surface area contributed by atoms with E-state index in [2.05, 4.69) is 29.6 Å². The van der Waals surface area contributed by atoms with Crippen LogP contribution in [0.4, 0.5) is 4.79 Å². The van der Waals surface area contributed by atoms with Gasteiger partial charge < -0.3 is 15.2 Å². The summed E-state index contributed by atoms with van der Waals surface area (Å²) < 4.78 is 5.51. The molecule has 0 aliphatic heterocycles. The fourth-order valence-electron chi connectivity index (χ4n) is 3.77. The van der Waals surface area contributed by atoms with Crippen LogP contribution in [0.15, 0.2) is 66.7 Å². The van der Waals surface area contributed by atoms with Crippen LogP contribution in [0.3, 0.4) is 0 Å². The van der Waals surface area contributed by atoms with E-state index in [0.29, 0.717) is 13.2 Å². The van der Waals surface area contributed by atoms with Crippen molar-refractivity contribution in [2.75, 3.05) is 6.61 Å². The van der Waals surface area contributed by atoms with E-state index in [1.807, 2.05) is 37.3 Å². The molecule has 0 spiro atoms. The van der Waals surface area contributed by atoms with Gasteiger partial charge in [0, 0.05) is 12.5 Å². The third kappa shape index (κ3) is 3.51. The number of aryl methyl sites for hydroxylation is 1. The lowest BCUT2D eigenvalue weighted by atomic mass is 9.98. The van der Waals surface area contributed by atoms with Crippen LogP contribution in [0.2, 0.25) is 0 Å². The molecule has 0 fully saturated rings. The maximum atomic E-state index is 12.2. The third-order valence-electron chi connectivity index (χ3n) is 4.90. The minimum atomic E-state index is -0.460. The Morgan fingerprint density at radius 2 is 1.63 bits per heavy atom. The average Bonchev–Trinajstić information content (AvgIpc) is 2.98. The Morgan fingerprint density at radius 1 is 1.00 bits per heavy atom. The third-order valence-corrected chi connectivity index (χ3v) is 4.90. The van der Waals surface area contributed by atoms with E-state index < -0.39 is 6.09 Å². The Bertz CT molecular complexity index is 931. The first kappa shape index (κ1) is 17.2. The predicted molar refractivity (Wildman–Crippen MR) is 105 cm³/mol. The van der Waals surface area contributed by atoms with Gasteiger partial charge in [-0.3, -0.25) is 0 Å². The lowest BCUT2D eigenvalue weighted by Gasteiger charge is -2.14. The first-order valence-electron chi connectivity index (χ1n) is 9.00. The fraction of sp³-hybridized carbons (Fsp3) is 0.174. The molecule has 4 nitrogen and oxygen atoms in total. The smallest absolute Gasteiger partial charge is 0.407 e. The second-order valence-electron chi connectivity index (χ2n) is 6.86. The standard InChI is InChI=1S/C23H21NO3/c1-15-10-16(12-17(25)11-15)13-24-23(26)27-14-22-20-8-4-2-6-18(20)19-7-3-5-9-21(19)22/h2-12,22,25H,13-14H2,1H3,(H,24,26). The normalized spacial score (nSPS) is 12.3. The summed E-state index contributed by atoms with van der Waals surface area (Å²) in [6, 6.07) is 21.7. The van der Waals surface area contributed by atoms with Crippen LogP contribution in [0.1, 0.15) is 28.2 Å². The highest BCUT2D eigenvalue weighted by Gasteiger charge is 2.28. The predicted octanol–water partition coefficient (Wildman–Crippen LogP) is 4.74. The highest BCUT2D eigenvalue weighted by Crippen LogP contribution is 2.44. The number of ether oxygens (including phenoxy) is 1. The summed E-state index contributed by atoms with van der Waals surface area (Å²) in [7, 11) is 0. The number of carbonyl (C=O) groups is 1. The van der Waals surface area contributed by atoms with Crippen molar-refractivity contribution < 1.29 is 14.6 Å². The number of phenols is 1. The summed E-state index contributed by atoms with van der Waals surface area (Å²) in [5.41, 5.74) is 6.57. The zero-order chi connectivity index (χ0) is 18.8. The largest absolute Gasteiger partial charge is 0.508 e. The van der Waals surface area contributed by atoms with Crippen molar-refractivity contribution in [1.29, 1.82) is 0 Å². The summed E-state index contributed by atoms with van der Waals surface area (Å²) in [5.74, 6) is 0.241. The van der Waals surface area contributed by atoms with Crippen molar-refractivity contribution in [2.24, 2.45) is 0 Å². The molecule has 0 radical (unpaired) electrons. The molecule has 136 valence electrons. The quantitative estimate of drug-likeness (QED) is 0.707. The number of rotatable bonds is 4. The van der Waals surface area contributed by atoms with Crippen LogP contribution in [0.5, 0.6) is 5.75 Å². The molecule has 0 atom stereocenters. The van der Waals surface area contributed by atoms with Gasteiger partial charge in [0.25, 0.3) is 0 Å². The van der Waals surface area contributed by atoms with Gasteiger partial charge in [-0.15, -0.1) is 0 Å². The molecule has 1 amide bonds. The number of carbonyl (C=O) groups excluding carboxylic acids is 1. The van der Waals surface area contributed by atoms with E-state index in [1.165, 1.54) is 22.3 Å². The first-order valence-corrected chi connectivity index (χ1v) is 9.00. The highest BCUT2D eigenvalue weighted by molar-refractivity contribution is 5.79. The molecule has 3 aromatic rings. The Kier molecular flexibility index (Phi) is 4.55. The highest BCUT2D eigenvalue weighted by atomic mass is 16.5. The number of hydrogen-bond donors (Lipinski definition) is 2. The number of nitrogens with one attached hydrogen (secondary N) is 1. The van der Waals surface area contributed by atoms with Crippen molar-refractivity contribution >= 4 is 6.09 Å². The van der Waals surface area contributed by atoms with Gasteiger partial charge in [-0.1, -0.05) is 54.6 Å². The fourth-order valence-corrected chi connectivity index (χ4v) is 3.77. The van der Waals surface area contributed by atoms with Gasteiger partial charge in [0.1, 0.15) is 12.4 Å². The molecule has 0 unspecified atom stereocenters. The minimum Gasteiger partial charge on any atom is -0.508 e. The van der Waals surface area contributed by atoms with E-state index in [9.17, 15) is 9.90 Å². The number of hydrogen-bond acceptors (Lipinski definition) is 3. The molecular weight excluding hydrogens is 338 g/mol. The lowest BCUT2D eigenvalue weighted by Crippen LogP contribution is -2.25. The molecule has 0 saturated carbocycles. The second kappa shape index (κ2) is 7.16. The Labute approximate surface area is 158 Å². The number of aromatic hydroxyl groups is 1. The Balaban J connectivity index is 1.42. The number of amides is 1. The zero-order valence-electron chi connectivity index (χ0n) is 15.1. The summed E-state index contributed by atoms with van der Waals surface area (Å²) >= 11 is 0. The topological polar surface area (TPSA) is 58.6 Å². The van der Waals surface area contributed by atoms with Gasteiger partial charge in [0.05, 0.1) is 0 Å². The monoisotopic (exact) mass is 359 g/mol. The molecule has 3 aromatic carbocycles. The molecule has 0 saturated heterocycles. The molecule has 1 aliphatic rings. The summed E-state index contributed by atoms with van der Waals surface area (Å²) in [5, 5.41) is 12.4. The number of benzene rings is 3. The van der Waals surface area contributed by atoms with Gasteiger partial charge in [0.15, 0.2) is 0 Å². The van der Waals surface area contributed by atoms with E-state index in [1.54, 1.807) is 12.1 Å². The number of alkyl carbamates (subject to hydrolysis) is 1. The van der Waals surface area contributed by atoms with Gasteiger partial charge >= 0.3 is 6.09 Å².